The molecule has 0 amide bonds. The summed E-state index contributed by atoms with van der Waals surface area (Å²) in [5, 5.41) is 3.60. The highest BCUT2D eigenvalue weighted by molar-refractivity contribution is 5.43. The summed E-state index contributed by atoms with van der Waals surface area (Å²) in [7, 11) is 3.86. The Labute approximate surface area is 130 Å². The van der Waals surface area contributed by atoms with Crippen LogP contribution in [0.1, 0.15) is 61.8 Å². The lowest BCUT2D eigenvalue weighted by Crippen LogP contribution is -2.30. The maximum atomic E-state index is 5.45. The highest BCUT2D eigenvalue weighted by atomic mass is 16.5. The number of hydrogen-bond donors (Lipinski definition) is 1. The molecule has 0 spiro atoms. The molecule has 0 aliphatic heterocycles. The molecule has 3 unspecified atom stereocenters. The van der Waals surface area contributed by atoms with Crippen LogP contribution in [-0.4, -0.2) is 14.2 Å². The van der Waals surface area contributed by atoms with Gasteiger partial charge in [-0.1, -0.05) is 32.3 Å². The standard InChI is InChI=1S/C19H31NO/c1-6-15-8-7-9-16(12-15)19(20-4)17-10-14(3)18(21-5)11-13(17)2/h10-11,15-16,19-20H,6-9,12H2,1-5H3. The summed E-state index contributed by atoms with van der Waals surface area (Å²) in [6.07, 6.45) is 6.85. The van der Waals surface area contributed by atoms with Crippen LogP contribution < -0.4 is 10.1 Å². The topological polar surface area (TPSA) is 21.3 Å². The molecule has 1 fully saturated rings. The number of aryl methyl sites for hydroxylation is 2. The van der Waals surface area contributed by atoms with Crippen LogP contribution in [-0.2, 0) is 0 Å². The number of rotatable bonds is 5. The maximum Gasteiger partial charge on any atom is 0.122 e. The first-order valence-corrected chi connectivity index (χ1v) is 8.43. The molecule has 118 valence electrons. The summed E-state index contributed by atoms with van der Waals surface area (Å²) in [5.74, 6) is 2.68. The number of hydrogen-bond acceptors (Lipinski definition) is 2. The summed E-state index contributed by atoms with van der Waals surface area (Å²) < 4.78 is 5.45. The molecule has 2 rings (SSSR count). The molecule has 0 bridgehead atoms. The minimum atomic E-state index is 0.476. The second-order valence-electron chi connectivity index (χ2n) is 6.65. The molecule has 2 nitrogen and oxygen atoms in total. The molecule has 2 heteroatoms. The molecule has 21 heavy (non-hydrogen) atoms. The van der Waals surface area contributed by atoms with Crippen LogP contribution in [0.3, 0.4) is 0 Å². The Balaban J connectivity index is 2.26. The van der Waals surface area contributed by atoms with Crippen LogP contribution >= 0.6 is 0 Å². The van der Waals surface area contributed by atoms with Crippen molar-refractivity contribution < 1.29 is 4.74 Å². The molecule has 3 atom stereocenters. The summed E-state index contributed by atoms with van der Waals surface area (Å²) >= 11 is 0. The molecule has 1 aliphatic rings. The van der Waals surface area contributed by atoms with E-state index in [2.05, 4.69) is 45.3 Å². The van der Waals surface area contributed by atoms with Crippen molar-refractivity contribution in [2.45, 2.75) is 58.9 Å². The van der Waals surface area contributed by atoms with Crippen molar-refractivity contribution in [3.63, 3.8) is 0 Å². The summed E-state index contributed by atoms with van der Waals surface area (Å²) in [6.45, 7) is 6.69. The first-order chi connectivity index (χ1) is 10.1. The van der Waals surface area contributed by atoms with E-state index in [0.29, 0.717) is 6.04 Å². The van der Waals surface area contributed by atoms with Gasteiger partial charge in [-0.2, -0.15) is 0 Å². The summed E-state index contributed by atoms with van der Waals surface area (Å²) in [4.78, 5) is 0. The van der Waals surface area contributed by atoms with E-state index >= 15 is 0 Å². The average molecular weight is 289 g/mol. The van der Waals surface area contributed by atoms with Gasteiger partial charge in [0.2, 0.25) is 0 Å². The predicted molar refractivity (Wildman–Crippen MR) is 90.0 cm³/mol. The lowest BCUT2D eigenvalue weighted by molar-refractivity contribution is 0.214. The minimum absolute atomic E-state index is 0.476. The predicted octanol–water partition coefficient (Wildman–Crippen LogP) is 4.79. The molecule has 0 heterocycles. The summed E-state index contributed by atoms with van der Waals surface area (Å²) in [6, 6.07) is 4.99. The molecule has 0 radical (unpaired) electrons. The fourth-order valence-corrected chi connectivity index (χ4v) is 4.02. The molecule has 1 aromatic rings. The maximum absolute atomic E-state index is 5.45. The van der Waals surface area contributed by atoms with Gasteiger partial charge in [-0.25, -0.2) is 0 Å². The fourth-order valence-electron chi connectivity index (χ4n) is 4.02. The molecule has 0 aromatic heterocycles. The summed E-state index contributed by atoms with van der Waals surface area (Å²) in [5.41, 5.74) is 4.04. The normalized spacial score (nSPS) is 23.9. The molecular weight excluding hydrogens is 258 g/mol. The lowest BCUT2D eigenvalue weighted by atomic mass is 9.74. The van der Waals surface area contributed by atoms with E-state index in [-0.39, 0.29) is 0 Å². The van der Waals surface area contributed by atoms with Crippen molar-refractivity contribution in [3.05, 3.63) is 28.8 Å². The van der Waals surface area contributed by atoms with Crippen molar-refractivity contribution in [3.8, 4) is 5.75 Å². The molecule has 1 N–H and O–H groups in total. The molecular formula is C19H31NO. The molecule has 1 aromatic carbocycles. The lowest BCUT2D eigenvalue weighted by Gasteiger charge is -2.35. The number of benzene rings is 1. The SMILES string of the molecule is CCC1CCCC(C(NC)c2cc(C)c(OC)cc2C)C1. The first-order valence-electron chi connectivity index (χ1n) is 8.43. The molecule has 1 saturated carbocycles. The van der Waals surface area contributed by atoms with Crippen LogP contribution in [0.5, 0.6) is 5.75 Å². The van der Waals surface area contributed by atoms with Gasteiger partial charge in [0.15, 0.2) is 0 Å². The Morgan fingerprint density at radius 2 is 2.00 bits per heavy atom. The van der Waals surface area contributed by atoms with Crippen LogP contribution in [0.2, 0.25) is 0 Å². The third-order valence-electron chi connectivity index (χ3n) is 5.30. The van der Waals surface area contributed by atoms with Crippen LogP contribution in [0, 0.1) is 25.7 Å². The molecule has 1 aliphatic carbocycles. The number of methoxy groups -OCH3 is 1. The van der Waals surface area contributed by atoms with Gasteiger partial charge in [0.05, 0.1) is 7.11 Å². The van der Waals surface area contributed by atoms with Gasteiger partial charge in [-0.15, -0.1) is 0 Å². The zero-order valence-electron chi connectivity index (χ0n) is 14.3. The third-order valence-corrected chi connectivity index (χ3v) is 5.30. The zero-order valence-corrected chi connectivity index (χ0v) is 14.3. The van der Waals surface area contributed by atoms with E-state index in [9.17, 15) is 0 Å². The molecule has 0 saturated heterocycles. The quantitative estimate of drug-likeness (QED) is 0.841. The Bertz CT molecular complexity index is 469. The van der Waals surface area contributed by atoms with Gasteiger partial charge in [0, 0.05) is 6.04 Å². The van der Waals surface area contributed by atoms with Gasteiger partial charge < -0.3 is 10.1 Å². The van der Waals surface area contributed by atoms with Crippen molar-refractivity contribution in [2.24, 2.45) is 11.8 Å². The third kappa shape index (κ3) is 3.60. The zero-order chi connectivity index (χ0) is 15.4. The first kappa shape index (κ1) is 16.4. The fraction of sp³-hybridized carbons (Fsp3) is 0.684. The van der Waals surface area contributed by atoms with Gasteiger partial charge in [0.1, 0.15) is 5.75 Å². The van der Waals surface area contributed by atoms with E-state index < -0.39 is 0 Å². The van der Waals surface area contributed by atoms with Gasteiger partial charge in [-0.3, -0.25) is 0 Å². The number of nitrogens with one attached hydrogen (secondary N) is 1. The van der Waals surface area contributed by atoms with Crippen LogP contribution in [0.25, 0.3) is 0 Å². The van der Waals surface area contributed by atoms with Crippen molar-refractivity contribution in [1.82, 2.24) is 5.32 Å². The van der Waals surface area contributed by atoms with E-state index in [1.54, 1.807) is 7.11 Å². The van der Waals surface area contributed by atoms with Crippen molar-refractivity contribution in [1.29, 1.82) is 0 Å². The second-order valence-corrected chi connectivity index (χ2v) is 6.65. The Kier molecular flexibility index (Phi) is 5.69. The van der Waals surface area contributed by atoms with Gasteiger partial charge >= 0.3 is 0 Å². The van der Waals surface area contributed by atoms with Crippen LogP contribution in [0.15, 0.2) is 12.1 Å². The van der Waals surface area contributed by atoms with Crippen molar-refractivity contribution in [2.75, 3.05) is 14.2 Å². The van der Waals surface area contributed by atoms with Crippen LogP contribution in [0.4, 0.5) is 0 Å². The van der Waals surface area contributed by atoms with E-state index in [4.69, 9.17) is 4.74 Å². The second kappa shape index (κ2) is 7.31. The highest BCUT2D eigenvalue weighted by Crippen LogP contribution is 2.40. The Morgan fingerprint density at radius 3 is 2.62 bits per heavy atom. The Hall–Kier alpha value is -1.02. The van der Waals surface area contributed by atoms with E-state index in [1.165, 1.54) is 48.8 Å². The number of ether oxygens (including phenoxy) is 1. The van der Waals surface area contributed by atoms with E-state index in [1.807, 2.05) is 0 Å². The average Bonchev–Trinajstić information content (AvgIpc) is 2.51. The van der Waals surface area contributed by atoms with Crippen molar-refractivity contribution >= 4 is 0 Å². The van der Waals surface area contributed by atoms with Gasteiger partial charge in [0.25, 0.3) is 0 Å². The monoisotopic (exact) mass is 289 g/mol. The van der Waals surface area contributed by atoms with Gasteiger partial charge in [-0.05, 0) is 68.3 Å². The smallest absolute Gasteiger partial charge is 0.122 e. The minimum Gasteiger partial charge on any atom is -0.496 e. The largest absolute Gasteiger partial charge is 0.496 e. The van der Waals surface area contributed by atoms with E-state index in [0.717, 1.165) is 17.6 Å². The highest BCUT2D eigenvalue weighted by Gasteiger charge is 2.29. The Morgan fingerprint density at radius 1 is 1.24 bits per heavy atom.